The summed E-state index contributed by atoms with van der Waals surface area (Å²) in [6, 6.07) is 13.0. The van der Waals surface area contributed by atoms with Crippen LogP contribution in [0.3, 0.4) is 0 Å². The summed E-state index contributed by atoms with van der Waals surface area (Å²) in [5, 5.41) is 0. The van der Waals surface area contributed by atoms with Gasteiger partial charge in [0.15, 0.2) is 23.3 Å². The molecule has 4 heteroatoms. The lowest BCUT2D eigenvalue weighted by molar-refractivity contribution is 0.443. The van der Waals surface area contributed by atoms with Crippen LogP contribution in [0.1, 0.15) is 82.8 Å². The van der Waals surface area contributed by atoms with Crippen LogP contribution in [-0.4, -0.2) is 0 Å². The Morgan fingerprint density at radius 3 is 1.84 bits per heavy atom. The molecule has 0 saturated carbocycles. The molecule has 1 aliphatic carbocycles. The number of aryl methyl sites for hydroxylation is 1. The molecule has 0 aliphatic heterocycles. The van der Waals surface area contributed by atoms with Crippen molar-refractivity contribution in [1.29, 1.82) is 0 Å². The number of hydrogen-bond acceptors (Lipinski definition) is 0. The summed E-state index contributed by atoms with van der Waals surface area (Å²) in [6.45, 7) is 4.28. The number of benzene rings is 3. The average Bonchev–Trinajstić information content (AvgIpc) is 2.91. The molecular formula is C33H36F4. The SMILES string of the molecule is CCCCCCc1ccc(-c2ccc(-c3ccc(C4=CCC(CCC)CC4)c(F)c3F)cc2)c(F)c1F. The van der Waals surface area contributed by atoms with Gasteiger partial charge in [0.1, 0.15) is 0 Å². The average molecular weight is 509 g/mol. The van der Waals surface area contributed by atoms with E-state index in [1.165, 1.54) is 0 Å². The predicted molar refractivity (Wildman–Crippen MR) is 145 cm³/mol. The first-order chi connectivity index (χ1) is 17.9. The third kappa shape index (κ3) is 6.17. The summed E-state index contributed by atoms with van der Waals surface area (Å²) >= 11 is 0. The minimum Gasteiger partial charge on any atom is -0.203 e. The van der Waals surface area contributed by atoms with Crippen molar-refractivity contribution in [2.45, 2.75) is 78.1 Å². The largest absolute Gasteiger partial charge is 0.203 e. The lowest BCUT2D eigenvalue weighted by Gasteiger charge is -2.22. The van der Waals surface area contributed by atoms with Gasteiger partial charge in [-0.05, 0) is 60.3 Å². The second-order valence-electron chi connectivity index (χ2n) is 10.2. The molecule has 0 bridgehead atoms. The Morgan fingerprint density at radius 2 is 1.24 bits per heavy atom. The molecule has 0 aromatic heterocycles. The molecule has 0 N–H and O–H groups in total. The Hall–Kier alpha value is -2.88. The Bertz CT molecular complexity index is 1240. The van der Waals surface area contributed by atoms with Gasteiger partial charge in [-0.1, -0.05) is 101 Å². The van der Waals surface area contributed by atoms with Gasteiger partial charge in [-0.15, -0.1) is 0 Å². The van der Waals surface area contributed by atoms with E-state index in [1.807, 2.05) is 0 Å². The minimum absolute atomic E-state index is 0.155. The highest BCUT2D eigenvalue weighted by atomic mass is 19.2. The van der Waals surface area contributed by atoms with Crippen molar-refractivity contribution in [3.63, 3.8) is 0 Å². The molecule has 4 rings (SSSR count). The van der Waals surface area contributed by atoms with Crippen molar-refractivity contribution >= 4 is 5.57 Å². The number of hydrogen-bond donors (Lipinski definition) is 0. The standard InChI is InChI=1S/C33H36F4/c1-3-5-6-7-9-26-18-19-27(31(35)30(26)34)24-14-16-25(17-15-24)29-21-20-28(32(36)33(29)37)23-12-10-22(8-4-2)11-13-23/h12,14-22H,3-11,13H2,1-2H3. The van der Waals surface area contributed by atoms with Crippen LogP contribution in [0.5, 0.6) is 0 Å². The number of halogens is 4. The zero-order valence-corrected chi connectivity index (χ0v) is 21.9. The second kappa shape index (κ2) is 12.6. The maximum absolute atomic E-state index is 15.1. The van der Waals surface area contributed by atoms with Crippen molar-refractivity contribution in [2.24, 2.45) is 5.92 Å². The molecule has 37 heavy (non-hydrogen) atoms. The molecular weight excluding hydrogens is 472 g/mol. The lowest BCUT2D eigenvalue weighted by atomic mass is 9.84. The van der Waals surface area contributed by atoms with Crippen molar-refractivity contribution in [3.8, 4) is 22.3 Å². The Balaban J connectivity index is 1.52. The Labute approximate surface area is 218 Å². The zero-order chi connectivity index (χ0) is 26.4. The predicted octanol–water partition coefficient (Wildman–Crippen LogP) is 10.7. The Kier molecular flexibility index (Phi) is 9.23. The van der Waals surface area contributed by atoms with E-state index in [2.05, 4.69) is 19.9 Å². The van der Waals surface area contributed by atoms with E-state index in [9.17, 15) is 8.78 Å². The van der Waals surface area contributed by atoms with Gasteiger partial charge < -0.3 is 0 Å². The van der Waals surface area contributed by atoms with Crippen LogP contribution in [0.2, 0.25) is 0 Å². The van der Waals surface area contributed by atoms with E-state index in [4.69, 9.17) is 0 Å². The fourth-order valence-corrected chi connectivity index (χ4v) is 5.40. The van der Waals surface area contributed by atoms with E-state index in [-0.39, 0.29) is 11.1 Å². The van der Waals surface area contributed by atoms with Crippen LogP contribution >= 0.6 is 0 Å². The highest BCUT2D eigenvalue weighted by Gasteiger charge is 2.21. The molecule has 1 unspecified atom stereocenters. The van der Waals surface area contributed by atoms with Gasteiger partial charge in [-0.25, -0.2) is 17.6 Å². The molecule has 1 aliphatic rings. The molecule has 196 valence electrons. The summed E-state index contributed by atoms with van der Waals surface area (Å²) in [4.78, 5) is 0. The molecule has 0 nitrogen and oxygen atoms in total. The quantitative estimate of drug-likeness (QED) is 0.189. The van der Waals surface area contributed by atoms with Gasteiger partial charge in [0.05, 0.1) is 0 Å². The molecule has 0 spiro atoms. The third-order valence-electron chi connectivity index (χ3n) is 7.61. The summed E-state index contributed by atoms with van der Waals surface area (Å²) in [6.07, 6.45) is 11.5. The van der Waals surface area contributed by atoms with Crippen LogP contribution < -0.4 is 0 Å². The summed E-state index contributed by atoms with van der Waals surface area (Å²) in [7, 11) is 0. The monoisotopic (exact) mass is 508 g/mol. The van der Waals surface area contributed by atoms with Gasteiger partial charge in [0.25, 0.3) is 0 Å². The van der Waals surface area contributed by atoms with Gasteiger partial charge >= 0.3 is 0 Å². The van der Waals surface area contributed by atoms with Crippen LogP contribution in [0.25, 0.3) is 27.8 Å². The van der Waals surface area contributed by atoms with Crippen LogP contribution in [-0.2, 0) is 6.42 Å². The van der Waals surface area contributed by atoms with Crippen molar-refractivity contribution in [2.75, 3.05) is 0 Å². The summed E-state index contributed by atoms with van der Waals surface area (Å²) in [5.41, 5.74) is 2.89. The van der Waals surface area contributed by atoms with E-state index < -0.39 is 23.3 Å². The molecule has 0 heterocycles. The van der Waals surface area contributed by atoms with Gasteiger partial charge in [0.2, 0.25) is 0 Å². The maximum Gasteiger partial charge on any atom is 0.167 e. The zero-order valence-electron chi connectivity index (χ0n) is 21.9. The smallest absolute Gasteiger partial charge is 0.167 e. The molecule has 3 aromatic rings. The Morgan fingerprint density at radius 1 is 0.649 bits per heavy atom. The van der Waals surface area contributed by atoms with Gasteiger partial charge in [-0.3, -0.25) is 0 Å². The maximum atomic E-state index is 15.1. The number of rotatable bonds is 10. The second-order valence-corrected chi connectivity index (χ2v) is 10.2. The first-order valence-electron chi connectivity index (χ1n) is 13.7. The minimum atomic E-state index is -0.883. The van der Waals surface area contributed by atoms with Crippen molar-refractivity contribution in [1.82, 2.24) is 0 Å². The normalized spacial score (nSPS) is 15.6. The first-order valence-corrected chi connectivity index (χ1v) is 13.7. The van der Waals surface area contributed by atoms with E-state index >= 15 is 8.78 Å². The lowest BCUT2D eigenvalue weighted by Crippen LogP contribution is -2.06. The fraction of sp³-hybridized carbons (Fsp3) is 0.394. The third-order valence-corrected chi connectivity index (χ3v) is 7.61. The molecule has 0 saturated heterocycles. The highest BCUT2D eigenvalue weighted by molar-refractivity contribution is 5.74. The summed E-state index contributed by atoms with van der Waals surface area (Å²) < 4.78 is 59.7. The van der Waals surface area contributed by atoms with E-state index in [1.54, 1.807) is 48.5 Å². The highest BCUT2D eigenvalue weighted by Crippen LogP contribution is 2.37. The molecule has 1 atom stereocenters. The molecule has 0 fully saturated rings. The molecule has 0 radical (unpaired) electrons. The van der Waals surface area contributed by atoms with Crippen molar-refractivity contribution in [3.05, 3.63) is 89.0 Å². The molecule has 3 aromatic carbocycles. The fourth-order valence-electron chi connectivity index (χ4n) is 5.40. The first kappa shape index (κ1) is 27.2. The molecule has 0 amide bonds. The van der Waals surface area contributed by atoms with E-state index in [0.29, 0.717) is 34.6 Å². The van der Waals surface area contributed by atoms with Crippen molar-refractivity contribution < 1.29 is 17.6 Å². The number of unbranched alkanes of at least 4 members (excludes halogenated alkanes) is 3. The van der Waals surface area contributed by atoms with Crippen LogP contribution in [0, 0.1) is 29.2 Å². The van der Waals surface area contributed by atoms with Gasteiger partial charge in [-0.2, -0.15) is 0 Å². The number of allylic oxidation sites excluding steroid dienone is 2. The van der Waals surface area contributed by atoms with Crippen LogP contribution in [0.15, 0.2) is 54.6 Å². The summed E-state index contributed by atoms with van der Waals surface area (Å²) in [5.74, 6) is -2.76. The van der Waals surface area contributed by atoms with Crippen LogP contribution in [0.4, 0.5) is 17.6 Å². The van der Waals surface area contributed by atoms with E-state index in [0.717, 1.165) is 63.4 Å². The topological polar surface area (TPSA) is 0 Å². The van der Waals surface area contributed by atoms with Gasteiger partial charge in [0, 0.05) is 16.7 Å².